The molecule has 0 aliphatic heterocycles. The predicted molar refractivity (Wildman–Crippen MR) is 118 cm³/mol. The Labute approximate surface area is 185 Å². The monoisotopic (exact) mass is 450 g/mol. The van der Waals surface area contributed by atoms with Crippen LogP contribution in [0.15, 0.2) is 42.5 Å². The van der Waals surface area contributed by atoms with Crippen molar-refractivity contribution in [2.45, 2.75) is 33.2 Å². The van der Waals surface area contributed by atoms with Gasteiger partial charge < -0.3 is 15.4 Å². The molecule has 0 aliphatic carbocycles. The second-order valence-electron chi connectivity index (χ2n) is 6.75. The van der Waals surface area contributed by atoms with Crippen molar-refractivity contribution in [1.82, 2.24) is 5.32 Å². The lowest BCUT2D eigenvalue weighted by Crippen LogP contribution is -2.47. The molecule has 0 bridgehead atoms. The molecule has 6 nitrogen and oxygen atoms in total. The van der Waals surface area contributed by atoms with Crippen LogP contribution in [0.3, 0.4) is 0 Å². The largest absolute Gasteiger partial charge is 0.462 e. The summed E-state index contributed by atoms with van der Waals surface area (Å²) in [4.78, 5) is 37.2. The van der Waals surface area contributed by atoms with Gasteiger partial charge in [-0.25, -0.2) is 4.79 Å². The first-order chi connectivity index (χ1) is 14.3. The maximum absolute atomic E-state index is 12.9. The smallest absolute Gasteiger partial charge is 0.338 e. The molecule has 8 heteroatoms. The van der Waals surface area contributed by atoms with Crippen molar-refractivity contribution in [3.63, 3.8) is 0 Å². The molecule has 0 radical (unpaired) electrons. The van der Waals surface area contributed by atoms with E-state index in [4.69, 9.17) is 27.9 Å². The second-order valence-corrected chi connectivity index (χ2v) is 7.57. The van der Waals surface area contributed by atoms with Gasteiger partial charge in [-0.15, -0.1) is 0 Å². The Morgan fingerprint density at radius 1 is 0.967 bits per heavy atom. The van der Waals surface area contributed by atoms with Crippen molar-refractivity contribution in [3.8, 4) is 0 Å². The molecule has 0 saturated heterocycles. The Hall–Kier alpha value is -2.57. The van der Waals surface area contributed by atoms with E-state index in [2.05, 4.69) is 10.6 Å². The van der Waals surface area contributed by atoms with E-state index in [1.807, 2.05) is 13.8 Å². The first-order valence-corrected chi connectivity index (χ1v) is 10.4. The number of rotatable bonds is 8. The average Bonchev–Trinajstić information content (AvgIpc) is 2.73. The zero-order chi connectivity index (χ0) is 22.3. The van der Waals surface area contributed by atoms with Crippen LogP contribution >= 0.6 is 23.2 Å². The van der Waals surface area contributed by atoms with Crippen molar-refractivity contribution >= 4 is 46.7 Å². The summed E-state index contributed by atoms with van der Waals surface area (Å²) in [5.74, 6) is -1.33. The van der Waals surface area contributed by atoms with Crippen LogP contribution < -0.4 is 10.6 Å². The van der Waals surface area contributed by atoms with Crippen LogP contribution in [0.25, 0.3) is 0 Å². The number of benzene rings is 2. The number of carbonyl (C=O) groups excluding carboxylic acids is 3. The maximum Gasteiger partial charge on any atom is 0.338 e. The van der Waals surface area contributed by atoms with E-state index in [1.165, 1.54) is 12.1 Å². The Kier molecular flexibility index (Phi) is 8.69. The van der Waals surface area contributed by atoms with Gasteiger partial charge in [0.1, 0.15) is 6.04 Å². The summed E-state index contributed by atoms with van der Waals surface area (Å²) in [6, 6.07) is 10.1. The third-order valence-corrected chi connectivity index (χ3v) is 5.37. The molecular formula is C22H24Cl2N2O4. The number of hydrogen-bond donors (Lipinski definition) is 2. The third-order valence-electron chi connectivity index (χ3n) is 4.63. The van der Waals surface area contributed by atoms with Crippen LogP contribution in [0.5, 0.6) is 0 Å². The number of amides is 2. The number of ether oxygens (including phenoxy) is 1. The third kappa shape index (κ3) is 6.21. The van der Waals surface area contributed by atoms with E-state index >= 15 is 0 Å². The van der Waals surface area contributed by atoms with Gasteiger partial charge in [0.25, 0.3) is 5.91 Å². The predicted octanol–water partition coefficient (Wildman–Crippen LogP) is 4.95. The first kappa shape index (κ1) is 23.7. The molecule has 0 unspecified atom stereocenters. The van der Waals surface area contributed by atoms with Gasteiger partial charge in [-0.3, -0.25) is 9.59 Å². The van der Waals surface area contributed by atoms with Crippen LogP contribution in [-0.2, 0) is 9.53 Å². The highest BCUT2D eigenvalue weighted by molar-refractivity contribution is 6.42. The number of carbonyl (C=O) groups is 3. The molecule has 2 N–H and O–H groups in total. The van der Waals surface area contributed by atoms with Gasteiger partial charge in [-0.2, -0.15) is 0 Å². The van der Waals surface area contributed by atoms with Gasteiger partial charge in [0.15, 0.2) is 0 Å². The Morgan fingerprint density at radius 3 is 2.17 bits per heavy atom. The van der Waals surface area contributed by atoms with Crippen molar-refractivity contribution in [2.24, 2.45) is 5.92 Å². The van der Waals surface area contributed by atoms with E-state index in [0.717, 1.165) is 0 Å². The van der Waals surface area contributed by atoms with Gasteiger partial charge in [0.2, 0.25) is 5.91 Å². The van der Waals surface area contributed by atoms with Gasteiger partial charge in [0.05, 0.1) is 22.2 Å². The van der Waals surface area contributed by atoms with Crippen LogP contribution in [-0.4, -0.2) is 30.4 Å². The van der Waals surface area contributed by atoms with E-state index < -0.39 is 17.9 Å². The van der Waals surface area contributed by atoms with Crippen LogP contribution in [0.1, 0.15) is 47.9 Å². The van der Waals surface area contributed by atoms with Gasteiger partial charge in [0, 0.05) is 11.3 Å². The molecule has 2 aromatic carbocycles. The van der Waals surface area contributed by atoms with Crippen LogP contribution in [0.4, 0.5) is 5.69 Å². The summed E-state index contributed by atoms with van der Waals surface area (Å²) >= 11 is 11.9. The van der Waals surface area contributed by atoms with Crippen molar-refractivity contribution in [3.05, 3.63) is 63.6 Å². The number of hydrogen-bond acceptors (Lipinski definition) is 4. The molecular weight excluding hydrogens is 427 g/mol. The minimum Gasteiger partial charge on any atom is -0.462 e. The summed E-state index contributed by atoms with van der Waals surface area (Å²) < 4.78 is 4.94. The number of halogens is 2. The lowest BCUT2D eigenvalue weighted by Gasteiger charge is -2.23. The Morgan fingerprint density at radius 2 is 1.60 bits per heavy atom. The average molecular weight is 451 g/mol. The second kappa shape index (κ2) is 11.0. The van der Waals surface area contributed by atoms with E-state index in [1.54, 1.807) is 37.3 Å². The SMILES string of the molecule is CCOC(=O)c1ccc(NC(=O)[C@@H](NC(=O)c2ccc(Cl)c(Cl)c2)[C@@H](C)CC)cc1. The lowest BCUT2D eigenvalue weighted by atomic mass is 9.97. The highest BCUT2D eigenvalue weighted by atomic mass is 35.5. The summed E-state index contributed by atoms with van der Waals surface area (Å²) in [6.45, 7) is 5.83. The molecule has 30 heavy (non-hydrogen) atoms. The zero-order valence-corrected chi connectivity index (χ0v) is 18.5. The van der Waals surface area contributed by atoms with E-state index in [9.17, 15) is 14.4 Å². The van der Waals surface area contributed by atoms with E-state index in [-0.39, 0.29) is 23.5 Å². The molecule has 160 valence electrons. The van der Waals surface area contributed by atoms with Gasteiger partial charge >= 0.3 is 5.97 Å². The summed E-state index contributed by atoms with van der Waals surface area (Å²) in [5, 5.41) is 6.15. The molecule has 0 spiro atoms. The van der Waals surface area contributed by atoms with Crippen LogP contribution in [0.2, 0.25) is 10.0 Å². The van der Waals surface area contributed by atoms with Crippen molar-refractivity contribution < 1.29 is 19.1 Å². The number of nitrogens with one attached hydrogen (secondary N) is 2. The minimum atomic E-state index is -0.762. The molecule has 0 fully saturated rings. The lowest BCUT2D eigenvalue weighted by molar-refractivity contribution is -0.119. The topological polar surface area (TPSA) is 84.5 Å². The zero-order valence-electron chi connectivity index (χ0n) is 17.0. The highest BCUT2D eigenvalue weighted by Gasteiger charge is 2.26. The molecule has 2 aromatic rings. The molecule has 0 saturated carbocycles. The molecule has 2 atom stereocenters. The first-order valence-electron chi connectivity index (χ1n) is 9.60. The molecule has 0 heterocycles. The molecule has 0 aromatic heterocycles. The summed E-state index contributed by atoms with van der Waals surface area (Å²) in [6.07, 6.45) is 0.682. The number of anilines is 1. The van der Waals surface area contributed by atoms with Crippen LogP contribution in [0, 0.1) is 5.92 Å². The standard InChI is InChI=1S/C22H24Cl2N2O4/c1-4-13(3)19(26-20(27)15-8-11-17(23)18(24)12-15)21(28)25-16-9-6-14(7-10-16)22(29)30-5-2/h6-13,19H,4-5H2,1-3H3,(H,25,28)(H,26,27)/t13-,19-/m0/s1. The fourth-order valence-corrected chi connectivity index (χ4v) is 2.99. The fourth-order valence-electron chi connectivity index (χ4n) is 2.69. The van der Waals surface area contributed by atoms with Gasteiger partial charge in [-0.05, 0) is 55.3 Å². The highest BCUT2D eigenvalue weighted by Crippen LogP contribution is 2.23. The number of esters is 1. The molecule has 2 amide bonds. The maximum atomic E-state index is 12.9. The summed E-state index contributed by atoms with van der Waals surface area (Å²) in [7, 11) is 0. The normalized spacial score (nSPS) is 12.6. The minimum absolute atomic E-state index is 0.115. The quantitative estimate of drug-likeness (QED) is 0.556. The van der Waals surface area contributed by atoms with Crippen molar-refractivity contribution in [1.29, 1.82) is 0 Å². The molecule has 0 aliphatic rings. The molecule has 2 rings (SSSR count). The Balaban J connectivity index is 2.12. The fraction of sp³-hybridized carbons (Fsp3) is 0.318. The summed E-state index contributed by atoms with van der Waals surface area (Å²) in [5.41, 5.74) is 1.20. The van der Waals surface area contributed by atoms with E-state index in [0.29, 0.717) is 28.3 Å². The Bertz CT molecular complexity index is 916. The van der Waals surface area contributed by atoms with Gasteiger partial charge in [-0.1, -0.05) is 43.5 Å². The van der Waals surface area contributed by atoms with Crippen molar-refractivity contribution in [2.75, 3.05) is 11.9 Å².